The molecule has 4 heteroatoms. The third kappa shape index (κ3) is 1.83. The van der Waals surface area contributed by atoms with Crippen molar-refractivity contribution in [3.63, 3.8) is 0 Å². The quantitative estimate of drug-likeness (QED) is 0.576. The molecule has 11 heavy (non-hydrogen) atoms. The molecule has 0 aliphatic carbocycles. The Kier molecular flexibility index (Phi) is 2.70. The van der Waals surface area contributed by atoms with Crippen molar-refractivity contribution in [2.45, 2.75) is 26.3 Å². The van der Waals surface area contributed by atoms with Crippen LogP contribution in [0.4, 0.5) is 4.79 Å². The number of ether oxygens (including phenoxy) is 1. The summed E-state index contributed by atoms with van der Waals surface area (Å²) in [6.45, 7) is 4.72. The van der Waals surface area contributed by atoms with Crippen molar-refractivity contribution in [3.8, 4) is 0 Å². The minimum Gasteiger partial charge on any atom is -0.448 e. The number of hydroxylamine groups is 2. The van der Waals surface area contributed by atoms with Crippen LogP contribution in [0.1, 0.15) is 20.3 Å². The summed E-state index contributed by atoms with van der Waals surface area (Å²) < 4.78 is 4.76. The van der Waals surface area contributed by atoms with Crippen LogP contribution in [0, 0.1) is 0 Å². The van der Waals surface area contributed by atoms with Crippen LogP contribution >= 0.6 is 0 Å². The van der Waals surface area contributed by atoms with Crippen LogP contribution in [0.3, 0.4) is 0 Å². The Labute approximate surface area is 66.0 Å². The highest BCUT2D eigenvalue weighted by molar-refractivity contribution is 5.66. The van der Waals surface area contributed by atoms with Crippen molar-refractivity contribution < 1.29 is 14.4 Å². The molecular weight excluding hydrogens is 146 g/mol. The van der Waals surface area contributed by atoms with Crippen molar-refractivity contribution >= 4 is 6.09 Å². The standard InChI is InChI=1S/C7H13NO3/c1-3-10-7(9)8-6(2)4-5-11-8/h6H,3-5H2,1-2H3. The lowest BCUT2D eigenvalue weighted by molar-refractivity contribution is -0.106. The van der Waals surface area contributed by atoms with Crippen LogP contribution < -0.4 is 0 Å². The zero-order valence-corrected chi connectivity index (χ0v) is 6.87. The molecule has 1 aliphatic heterocycles. The molecule has 1 amide bonds. The summed E-state index contributed by atoms with van der Waals surface area (Å²) in [5.74, 6) is 0. The van der Waals surface area contributed by atoms with Crippen molar-refractivity contribution in [1.29, 1.82) is 0 Å². The second-order valence-electron chi connectivity index (χ2n) is 2.50. The van der Waals surface area contributed by atoms with Crippen molar-refractivity contribution in [2.75, 3.05) is 13.2 Å². The first kappa shape index (κ1) is 8.33. The lowest BCUT2D eigenvalue weighted by Crippen LogP contribution is -2.32. The largest absolute Gasteiger partial charge is 0.448 e. The molecule has 0 aromatic heterocycles. The van der Waals surface area contributed by atoms with Crippen LogP contribution in [0.15, 0.2) is 0 Å². The maximum Gasteiger partial charge on any atom is 0.434 e. The van der Waals surface area contributed by atoms with E-state index in [2.05, 4.69) is 0 Å². The minimum atomic E-state index is -0.377. The highest BCUT2D eigenvalue weighted by atomic mass is 16.7. The molecule has 4 nitrogen and oxygen atoms in total. The van der Waals surface area contributed by atoms with E-state index in [1.165, 1.54) is 5.06 Å². The Balaban J connectivity index is 2.39. The summed E-state index contributed by atoms with van der Waals surface area (Å²) in [7, 11) is 0. The third-order valence-corrected chi connectivity index (χ3v) is 1.61. The van der Waals surface area contributed by atoms with Gasteiger partial charge in [0.1, 0.15) is 0 Å². The molecule has 0 bridgehead atoms. The molecule has 1 aliphatic rings. The molecule has 64 valence electrons. The molecule has 1 unspecified atom stereocenters. The van der Waals surface area contributed by atoms with E-state index in [1.807, 2.05) is 6.92 Å². The molecule has 0 aromatic carbocycles. The van der Waals surface area contributed by atoms with Gasteiger partial charge in [-0.1, -0.05) is 0 Å². The molecule has 1 rings (SSSR count). The van der Waals surface area contributed by atoms with E-state index in [0.717, 1.165) is 6.42 Å². The second kappa shape index (κ2) is 3.57. The second-order valence-corrected chi connectivity index (χ2v) is 2.50. The van der Waals surface area contributed by atoms with Crippen molar-refractivity contribution in [3.05, 3.63) is 0 Å². The van der Waals surface area contributed by atoms with Crippen LogP contribution in [0.25, 0.3) is 0 Å². The van der Waals surface area contributed by atoms with Gasteiger partial charge < -0.3 is 4.74 Å². The highest BCUT2D eigenvalue weighted by Crippen LogP contribution is 2.14. The average molecular weight is 159 g/mol. The van der Waals surface area contributed by atoms with Gasteiger partial charge in [-0.05, 0) is 20.3 Å². The molecule has 1 fully saturated rings. The SMILES string of the molecule is CCOC(=O)N1OCCC1C. The van der Waals surface area contributed by atoms with Crippen LogP contribution in [-0.4, -0.2) is 30.4 Å². The molecule has 0 spiro atoms. The van der Waals surface area contributed by atoms with Crippen molar-refractivity contribution in [2.24, 2.45) is 0 Å². The monoisotopic (exact) mass is 159 g/mol. The first-order valence-electron chi connectivity index (χ1n) is 3.84. The number of nitrogens with zero attached hydrogens (tertiary/aromatic N) is 1. The Bertz CT molecular complexity index is 149. The Morgan fingerprint density at radius 1 is 1.82 bits per heavy atom. The highest BCUT2D eigenvalue weighted by Gasteiger charge is 2.27. The first-order valence-corrected chi connectivity index (χ1v) is 3.84. The molecule has 1 heterocycles. The number of hydrogen-bond acceptors (Lipinski definition) is 3. The fourth-order valence-electron chi connectivity index (χ4n) is 0.986. The molecule has 0 saturated carbocycles. The predicted molar refractivity (Wildman–Crippen MR) is 38.9 cm³/mol. The summed E-state index contributed by atoms with van der Waals surface area (Å²) in [6.07, 6.45) is 0.510. The van der Waals surface area contributed by atoms with Crippen LogP contribution in [0.2, 0.25) is 0 Å². The van der Waals surface area contributed by atoms with E-state index in [1.54, 1.807) is 6.92 Å². The summed E-state index contributed by atoms with van der Waals surface area (Å²) in [5.41, 5.74) is 0. The zero-order valence-electron chi connectivity index (χ0n) is 6.87. The van der Waals surface area contributed by atoms with Gasteiger partial charge in [0.05, 0.1) is 19.3 Å². The van der Waals surface area contributed by atoms with Gasteiger partial charge in [-0.25, -0.2) is 4.79 Å². The topological polar surface area (TPSA) is 38.8 Å². The van der Waals surface area contributed by atoms with Gasteiger partial charge in [0.25, 0.3) is 0 Å². The molecule has 0 aromatic rings. The molecule has 1 atom stereocenters. The van der Waals surface area contributed by atoms with Gasteiger partial charge >= 0.3 is 6.09 Å². The van der Waals surface area contributed by atoms with E-state index in [9.17, 15) is 4.79 Å². The Morgan fingerprint density at radius 3 is 3.00 bits per heavy atom. The maximum atomic E-state index is 11.0. The minimum absolute atomic E-state index is 0.147. The van der Waals surface area contributed by atoms with E-state index in [0.29, 0.717) is 13.2 Å². The zero-order chi connectivity index (χ0) is 8.27. The van der Waals surface area contributed by atoms with Gasteiger partial charge in [-0.3, -0.25) is 4.84 Å². The average Bonchev–Trinajstić information content (AvgIpc) is 2.36. The summed E-state index contributed by atoms with van der Waals surface area (Å²) in [4.78, 5) is 16.1. The van der Waals surface area contributed by atoms with Crippen molar-refractivity contribution in [1.82, 2.24) is 5.06 Å². The predicted octanol–water partition coefficient (Wildman–Crippen LogP) is 1.17. The first-order chi connectivity index (χ1) is 5.25. The summed E-state index contributed by atoms with van der Waals surface area (Å²) in [5, 5.41) is 1.30. The van der Waals surface area contributed by atoms with E-state index < -0.39 is 0 Å². The van der Waals surface area contributed by atoms with Crippen LogP contribution in [0.5, 0.6) is 0 Å². The number of rotatable bonds is 1. The molecule has 0 N–H and O–H groups in total. The number of amides is 1. The molecule has 1 saturated heterocycles. The summed E-state index contributed by atoms with van der Waals surface area (Å²) >= 11 is 0. The van der Waals surface area contributed by atoms with Gasteiger partial charge in [-0.15, -0.1) is 0 Å². The maximum absolute atomic E-state index is 11.0. The van der Waals surface area contributed by atoms with E-state index in [-0.39, 0.29) is 12.1 Å². The van der Waals surface area contributed by atoms with E-state index >= 15 is 0 Å². The third-order valence-electron chi connectivity index (χ3n) is 1.61. The molecular formula is C7H13NO3. The Morgan fingerprint density at radius 2 is 2.55 bits per heavy atom. The molecule has 0 radical (unpaired) electrons. The van der Waals surface area contributed by atoms with Crippen LogP contribution in [-0.2, 0) is 9.57 Å². The fourth-order valence-corrected chi connectivity index (χ4v) is 0.986. The Hall–Kier alpha value is -0.770. The normalized spacial score (nSPS) is 23.8. The number of carbonyl (C=O) groups excluding carboxylic acids is 1. The van der Waals surface area contributed by atoms with Gasteiger partial charge in [0.2, 0.25) is 0 Å². The van der Waals surface area contributed by atoms with Gasteiger partial charge in [0.15, 0.2) is 0 Å². The van der Waals surface area contributed by atoms with Gasteiger partial charge in [0, 0.05) is 0 Å². The van der Waals surface area contributed by atoms with Gasteiger partial charge in [-0.2, -0.15) is 5.06 Å². The fraction of sp³-hybridized carbons (Fsp3) is 0.857. The number of hydrogen-bond donors (Lipinski definition) is 0. The smallest absolute Gasteiger partial charge is 0.434 e. The summed E-state index contributed by atoms with van der Waals surface area (Å²) in [6, 6.07) is 0.147. The lowest BCUT2D eigenvalue weighted by atomic mass is 10.3. The number of carbonyl (C=O) groups is 1. The van der Waals surface area contributed by atoms with E-state index in [4.69, 9.17) is 9.57 Å². The lowest BCUT2D eigenvalue weighted by Gasteiger charge is -2.17.